The molecule has 0 unspecified atom stereocenters. The van der Waals surface area contributed by atoms with E-state index in [1.54, 1.807) is 24.8 Å². The van der Waals surface area contributed by atoms with Gasteiger partial charge in [0.2, 0.25) is 5.90 Å². The highest BCUT2D eigenvalue weighted by molar-refractivity contribution is 6.16. The van der Waals surface area contributed by atoms with Gasteiger partial charge in [-0.25, -0.2) is 14.8 Å². The first-order valence-electron chi connectivity index (χ1n) is 10.3. The van der Waals surface area contributed by atoms with E-state index in [2.05, 4.69) is 20.0 Å². The summed E-state index contributed by atoms with van der Waals surface area (Å²) < 4.78 is 5.49. The molecular weight excluding hydrogens is 406 g/mol. The molecule has 160 valence electrons. The van der Waals surface area contributed by atoms with Gasteiger partial charge >= 0.3 is 5.97 Å². The average molecular weight is 427 g/mol. The minimum Gasteiger partial charge on any atom is -0.402 e. The molecule has 3 heterocycles. The molecule has 2 aromatic carbocycles. The Morgan fingerprint density at radius 3 is 2.69 bits per heavy atom. The van der Waals surface area contributed by atoms with Crippen LogP contribution in [0.25, 0.3) is 10.8 Å². The Bertz CT molecular complexity index is 1240. The number of piperazine rings is 1. The third-order valence-electron chi connectivity index (χ3n) is 5.36. The summed E-state index contributed by atoms with van der Waals surface area (Å²) >= 11 is 0. The van der Waals surface area contributed by atoms with Gasteiger partial charge in [-0.1, -0.05) is 36.4 Å². The van der Waals surface area contributed by atoms with Crippen molar-refractivity contribution < 1.29 is 9.53 Å². The Morgan fingerprint density at radius 2 is 1.88 bits per heavy atom. The molecule has 0 aliphatic carbocycles. The van der Waals surface area contributed by atoms with Crippen LogP contribution in [0.2, 0.25) is 0 Å². The van der Waals surface area contributed by atoms with Gasteiger partial charge in [0.05, 0.1) is 6.20 Å². The largest absolute Gasteiger partial charge is 0.402 e. The number of aliphatic imine (C=N–C) groups is 2. The minimum atomic E-state index is -0.445. The summed E-state index contributed by atoms with van der Waals surface area (Å²) in [4.78, 5) is 33.4. The smallest absolute Gasteiger partial charge is 0.365 e. The molecule has 5 rings (SSSR count). The number of rotatable bonds is 3. The average Bonchev–Trinajstić information content (AvgIpc) is 3.19. The zero-order valence-corrected chi connectivity index (χ0v) is 17.3. The predicted molar refractivity (Wildman–Crippen MR) is 121 cm³/mol. The van der Waals surface area contributed by atoms with Crippen molar-refractivity contribution >= 4 is 34.4 Å². The minimum absolute atomic E-state index is 0.294. The fourth-order valence-electron chi connectivity index (χ4n) is 3.72. The summed E-state index contributed by atoms with van der Waals surface area (Å²) in [6, 6.07) is 13.8. The van der Waals surface area contributed by atoms with Gasteiger partial charge in [0.25, 0.3) is 0 Å². The molecule has 2 N–H and O–H groups in total. The van der Waals surface area contributed by atoms with Gasteiger partial charge in [-0.15, -0.1) is 0 Å². The van der Waals surface area contributed by atoms with Crippen LogP contribution in [0.1, 0.15) is 5.56 Å². The van der Waals surface area contributed by atoms with Crippen molar-refractivity contribution in [1.82, 2.24) is 19.8 Å². The lowest BCUT2D eigenvalue weighted by Crippen LogP contribution is -2.49. The van der Waals surface area contributed by atoms with Crippen molar-refractivity contribution in [2.24, 2.45) is 15.7 Å². The fraction of sp³-hybridized carbons (Fsp3) is 0.174. The Kier molecular flexibility index (Phi) is 5.20. The van der Waals surface area contributed by atoms with Crippen LogP contribution >= 0.6 is 0 Å². The van der Waals surface area contributed by atoms with E-state index in [-0.39, 0.29) is 0 Å². The van der Waals surface area contributed by atoms with E-state index in [9.17, 15) is 4.79 Å². The van der Waals surface area contributed by atoms with Gasteiger partial charge in [0, 0.05) is 50.3 Å². The van der Waals surface area contributed by atoms with Crippen LogP contribution in [-0.2, 0) is 9.53 Å². The number of nitrogens with zero attached hydrogens (tertiary/aromatic N) is 6. The van der Waals surface area contributed by atoms with Gasteiger partial charge in [-0.05, 0) is 16.8 Å². The monoisotopic (exact) mass is 427 g/mol. The van der Waals surface area contributed by atoms with Gasteiger partial charge in [0.1, 0.15) is 0 Å². The van der Waals surface area contributed by atoms with Crippen LogP contribution in [0.15, 0.2) is 82.9 Å². The molecule has 2 aliphatic heterocycles. The number of hydrogen-bond acceptors (Lipinski definition) is 7. The maximum atomic E-state index is 12.4. The quantitative estimate of drug-likeness (QED) is 0.295. The van der Waals surface area contributed by atoms with Crippen LogP contribution in [0.4, 0.5) is 5.82 Å². The Labute approximate surface area is 184 Å². The first-order valence-corrected chi connectivity index (χ1v) is 10.3. The van der Waals surface area contributed by atoms with Crippen molar-refractivity contribution in [3.8, 4) is 0 Å². The second-order valence-corrected chi connectivity index (χ2v) is 7.40. The molecule has 1 aromatic heterocycles. The lowest BCUT2D eigenvalue weighted by atomic mass is 10.0. The summed E-state index contributed by atoms with van der Waals surface area (Å²) in [6.45, 7) is 2.67. The van der Waals surface area contributed by atoms with E-state index in [4.69, 9.17) is 10.5 Å². The van der Waals surface area contributed by atoms with Gasteiger partial charge in [-0.2, -0.15) is 4.99 Å². The lowest BCUT2D eigenvalue weighted by Gasteiger charge is -2.34. The number of benzene rings is 2. The molecule has 0 saturated carbocycles. The van der Waals surface area contributed by atoms with E-state index in [0.717, 1.165) is 16.3 Å². The molecule has 9 heteroatoms. The van der Waals surface area contributed by atoms with Gasteiger partial charge in [0.15, 0.2) is 17.5 Å². The number of aromatic nitrogens is 2. The standard InChI is InChI=1S/C23H21N7O2/c24-23(28-20-14-25-8-9-26-20)30-12-10-29(11-13-30)15-19-22(31)32-21(27-19)18-7-3-5-16-4-1-2-6-17(16)18/h1-9,14-15H,10-13H2,(H2,24,26,28)/b19-15+. The van der Waals surface area contributed by atoms with Gasteiger partial charge in [-0.3, -0.25) is 4.98 Å². The van der Waals surface area contributed by atoms with Crippen LogP contribution in [0, 0.1) is 0 Å². The zero-order valence-electron chi connectivity index (χ0n) is 17.3. The number of ether oxygens (including phenoxy) is 1. The Hall–Kier alpha value is -4.27. The summed E-state index contributed by atoms with van der Waals surface area (Å²) in [5, 5.41) is 2.06. The highest BCUT2D eigenvalue weighted by Gasteiger charge is 2.27. The molecule has 3 aromatic rings. The van der Waals surface area contributed by atoms with Crippen molar-refractivity contribution in [3.05, 3.63) is 78.5 Å². The van der Waals surface area contributed by atoms with Gasteiger partial charge < -0.3 is 20.3 Å². The number of carbonyl (C=O) groups is 1. The third kappa shape index (κ3) is 4.00. The van der Waals surface area contributed by atoms with E-state index >= 15 is 0 Å². The summed E-state index contributed by atoms with van der Waals surface area (Å²) in [5.74, 6) is 0.754. The molecular formula is C23H21N7O2. The molecule has 0 radical (unpaired) electrons. The maximum Gasteiger partial charge on any atom is 0.365 e. The number of hydrogen-bond donors (Lipinski definition) is 1. The topological polar surface area (TPSA) is 109 Å². The molecule has 0 atom stereocenters. The van der Waals surface area contributed by atoms with Crippen LogP contribution in [0.3, 0.4) is 0 Å². The SMILES string of the molecule is NC(=Nc1cnccn1)N1CCN(/C=C2/N=C(c3cccc4ccccc34)OC2=O)CC1. The van der Waals surface area contributed by atoms with Crippen LogP contribution < -0.4 is 5.73 Å². The highest BCUT2D eigenvalue weighted by atomic mass is 16.6. The van der Waals surface area contributed by atoms with E-state index < -0.39 is 5.97 Å². The zero-order chi connectivity index (χ0) is 21.9. The Balaban J connectivity index is 1.29. The van der Waals surface area contributed by atoms with Crippen molar-refractivity contribution in [3.63, 3.8) is 0 Å². The number of nitrogens with two attached hydrogens (primary N) is 1. The second kappa shape index (κ2) is 8.46. The number of guanidine groups is 1. The summed E-state index contributed by atoms with van der Waals surface area (Å²) in [7, 11) is 0. The maximum absolute atomic E-state index is 12.4. The molecule has 9 nitrogen and oxygen atoms in total. The second-order valence-electron chi connectivity index (χ2n) is 7.40. The Morgan fingerprint density at radius 1 is 1.06 bits per heavy atom. The van der Waals surface area contributed by atoms with E-state index in [0.29, 0.717) is 49.6 Å². The van der Waals surface area contributed by atoms with Crippen LogP contribution in [0.5, 0.6) is 0 Å². The fourth-order valence-corrected chi connectivity index (χ4v) is 3.72. The lowest BCUT2D eigenvalue weighted by molar-refractivity contribution is -0.130. The molecule has 1 fully saturated rings. The molecule has 2 aliphatic rings. The molecule has 32 heavy (non-hydrogen) atoms. The predicted octanol–water partition coefficient (Wildman–Crippen LogP) is 2.04. The van der Waals surface area contributed by atoms with E-state index in [1.165, 1.54) is 0 Å². The normalized spacial score (nSPS) is 18.2. The summed E-state index contributed by atoms with van der Waals surface area (Å²) in [6.07, 6.45) is 6.48. The number of esters is 1. The molecule has 0 amide bonds. The highest BCUT2D eigenvalue weighted by Crippen LogP contribution is 2.24. The number of cyclic esters (lactones) is 1. The van der Waals surface area contributed by atoms with Crippen molar-refractivity contribution in [2.45, 2.75) is 0 Å². The van der Waals surface area contributed by atoms with E-state index in [1.807, 2.05) is 52.3 Å². The first-order chi connectivity index (χ1) is 15.7. The van der Waals surface area contributed by atoms with Crippen LogP contribution in [-0.4, -0.2) is 63.8 Å². The molecule has 0 spiro atoms. The van der Waals surface area contributed by atoms with Crippen molar-refractivity contribution in [2.75, 3.05) is 26.2 Å². The summed E-state index contributed by atoms with van der Waals surface area (Å²) in [5.41, 5.74) is 7.22. The number of fused-ring (bicyclic) bond motifs is 1. The number of carbonyl (C=O) groups excluding carboxylic acids is 1. The first kappa shape index (κ1) is 19.7. The molecule has 0 bridgehead atoms. The molecule has 1 saturated heterocycles. The van der Waals surface area contributed by atoms with Crippen molar-refractivity contribution in [1.29, 1.82) is 0 Å². The third-order valence-corrected chi connectivity index (χ3v) is 5.36.